The molecule has 3 nitrogen and oxygen atoms in total. The van der Waals surface area contributed by atoms with E-state index in [0.717, 1.165) is 11.1 Å². The van der Waals surface area contributed by atoms with Gasteiger partial charge in [-0.05, 0) is 11.1 Å². The quantitative estimate of drug-likeness (QED) is 0.797. The minimum absolute atomic E-state index is 0.306. The predicted molar refractivity (Wildman–Crippen MR) is 84.3 cm³/mol. The number of nitrogens with zero attached hydrogens (tertiary/aromatic N) is 1. The summed E-state index contributed by atoms with van der Waals surface area (Å²) < 4.78 is 0. The Balaban J connectivity index is 2.08. The largest absolute Gasteiger partial charge is 0.480 e. The molecule has 0 bridgehead atoms. The highest BCUT2D eigenvalue weighted by Crippen LogP contribution is 2.12. The number of carbonyl (C=O) groups is 1. The minimum Gasteiger partial charge on any atom is -0.480 e. The maximum absolute atomic E-state index is 11.0. The lowest BCUT2D eigenvalue weighted by atomic mass is 10.1. The zero-order chi connectivity index (χ0) is 15.1. The summed E-state index contributed by atoms with van der Waals surface area (Å²) in [6.45, 7) is 1.65. The molecule has 0 aliphatic heterocycles. The Morgan fingerprint density at radius 1 is 0.952 bits per heavy atom. The van der Waals surface area contributed by atoms with E-state index in [4.69, 9.17) is 16.7 Å². The lowest BCUT2D eigenvalue weighted by molar-refractivity contribution is -0.137. The number of hydrogen-bond acceptors (Lipinski definition) is 2. The molecule has 0 aliphatic carbocycles. The van der Waals surface area contributed by atoms with Gasteiger partial charge in [-0.15, -0.1) is 11.6 Å². The van der Waals surface area contributed by atoms with Crippen LogP contribution in [-0.2, 0) is 17.9 Å². The fraction of sp³-hybridized carbons (Fsp3) is 0.235. The van der Waals surface area contributed by atoms with Crippen LogP contribution in [0.5, 0.6) is 0 Å². The molecule has 1 N–H and O–H groups in total. The van der Waals surface area contributed by atoms with Gasteiger partial charge in [-0.2, -0.15) is 0 Å². The summed E-state index contributed by atoms with van der Waals surface area (Å²) >= 11 is 5.90. The van der Waals surface area contributed by atoms with Crippen molar-refractivity contribution in [3.8, 4) is 0 Å². The van der Waals surface area contributed by atoms with Crippen molar-refractivity contribution in [1.82, 2.24) is 4.90 Å². The van der Waals surface area contributed by atoms with Crippen LogP contribution in [0, 0.1) is 0 Å². The number of benzene rings is 2. The number of aliphatic carboxylic acids is 1. The van der Waals surface area contributed by atoms with E-state index in [2.05, 4.69) is 4.90 Å². The van der Waals surface area contributed by atoms with E-state index in [1.54, 1.807) is 0 Å². The van der Waals surface area contributed by atoms with E-state index in [9.17, 15) is 4.79 Å². The number of rotatable bonds is 7. The van der Waals surface area contributed by atoms with E-state index in [1.165, 1.54) is 0 Å². The zero-order valence-electron chi connectivity index (χ0n) is 11.7. The van der Waals surface area contributed by atoms with Crippen molar-refractivity contribution in [3.63, 3.8) is 0 Å². The molecule has 1 unspecified atom stereocenters. The van der Waals surface area contributed by atoms with E-state index in [-0.39, 0.29) is 0 Å². The van der Waals surface area contributed by atoms with Crippen LogP contribution in [0.25, 0.3) is 0 Å². The van der Waals surface area contributed by atoms with Crippen LogP contribution in [-0.4, -0.2) is 27.9 Å². The lowest BCUT2D eigenvalue weighted by Gasteiger charge is -2.23. The first-order valence-electron chi connectivity index (χ1n) is 6.82. The van der Waals surface area contributed by atoms with Crippen LogP contribution < -0.4 is 0 Å². The van der Waals surface area contributed by atoms with Gasteiger partial charge in [0.25, 0.3) is 0 Å². The molecule has 0 aromatic heterocycles. The molecule has 0 radical (unpaired) electrons. The van der Waals surface area contributed by atoms with Gasteiger partial charge in [0.2, 0.25) is 0 Å². The van der Waals surface area contributed by atoms with Gasteiger partial charge in [-0.25, -0.2) is 0 Å². The second-order valence-electron chi connectivity index (χ2n) is 4.95. The monoisotopic (exact) mass is 303 g/mol. The van der Waals surface area contributed by atoms with Crippen molar-refractivity contribution in [2.45, 2.75) is 18.5 Å². The van der Waals surface area contributed by atoms with Crippen molar-refractivity contribution in [1.29, 1.82) is 0 Å². The van der Waals surface area contributed by atoms with Gasteiger partial charge in [0.1, 0.15) is 5.38 Å². The molecule has 0 heterocycles. The molecule has 2 aromatic rings. The van der Waals surface area contributed by atoms with E-state index in [0.29, 0.717) is 19.6 Å². The topological polar surface area (TPSA) is 40.5 Å². The Hall–Kier alpha value is -1.84. The van der Waals surface area contributed by atoms with Gasteiger partial charge in [0.05, 0.1) is 0 Å². The summed E-state index contributed by atoms with van der Waals surface area (Å²) in [4.78, 5) is 13.0. The molecular weight excluding hydrogens is 286 g/mol. The van der Waals surface area contributed by atoms with Gasteiger partial charge in [0.15, 0.2) is 0 Å². The fourth-order valence-corrected chi connectivity index (χ4v) is 2.37. The first kappa shape index (κ1) is 15.5. The van der Waals surface area contributed by atoms with Crippen molar-refractivity contribution in [2.24, 2.45) is 0 Å². The number of alkyl halides is 1. The Labute approximate surface area is 129 Å². The molecule has 110 valence electrons. The second-order valence-corrected chi connectivity index (χ2v) is 5.47. The average molecular weight is 304 g/mol. The number of hydrogen-bond donors (Lipinski definition) is 1. The maximum Gasteiger partial charge on any atom is 0.322 e. The zero-order valence-corrected chi connectivity index (χ0v) is 12.4. The Morgan fingerprint density at radius 2 is 1.38 bits per heavy atom. The summed E-state index contributed by atoms with van der Waals surface area (Å²) in [5.41, 5.74) is 2.28. The molecule has 0 fully saturated rings. The van der Waals surface area contributed by atoms with Gasteiger partial charge < -0.3 is 5.11 Å². The van der Waals surface area contributed by atoms with Crippen LogP contribution >= 0.6 is 11.6 Å². The minimum atomic E-state index is -0.984. The highest BCUT2D eigenvalue weighted by atomic mass is 35.5. The normalized spacial score (nSPS) is 12.3. The molecule has 4 heteroatoms. The molecule has 0 saturated heterocycles. The number of carboxylic acid groups (broad SMARTS) is 1. The Morgan fingerprint density at radius 3 is 1.76 bits per heavy atom. The number of carboxylic acids is 1. The molecule has 1 atom stereocenters. The van der Waals surface area contributed by atoms with Crippen molar-refractivity contribution in [2.75, 3.05) is 6.54 Å². The molecule has 0 saturated carbocycles. The van der Waals surface area contributed by atoms with Gasteiger partial charge in [-0.3, -0.25) is 9.69 Å². The van der Waals surface area contributed by atoms with Crippen molar-refractivity contribution in [3.05, 3.63) is 71.8 Å². The highest BCUT2D eigenvalue weighted by Gasteiger charge is 2.18. The van der Waals surface area contributed by atoms with E-state index >= 15 is 0 Å². The lowest BCUT2D eigenvalue weighted by Crippen LogP contribution is -2.33. The third-order valence-electron chi connectivity index (χ3n) is 3.18. The molecule has 21 heavy (non-hydrogen) atoms. The van der Waals surface area contributed by atoms with E-state index < -0.39 is 11.3 Å². The first-order chi connectivity index (χ1) is 10.1. The van der Waals surface area contributed by atoms with Crippen LogP contribution in [0.15, 0.2) is 60.7 Å². The summed E-state index contributed by atoms with van der Waals surface area (Å²) in [6.07, 6.45) is 0. The predicted octanol–water partition coefficient (Wildman–Crippen LogP) is 3.38. The third kappa shape index (κ3) is 5.21. The summed E-state index contributed by atoms with van der Waals surface area (Å²) in [5.74, 6) is -0.984. The summed E-state index contributed by atoms with van der Waals surface area (Å²) in [6, 6.07) is 20.0. The molecule has 2 rings (SSSR count). The van der Waals surface area contributed by atoms with Crippen LogP contribution in [0.2, 0.25) is 0 Å². The standard InChI is InChI=1S/C17H18ClNO2/c18-16(17(20)21)13-19(11-14-7-3-1-4-8-14)12-15-9-5-2-6-10-15/h1-10,16H,11-13H2,(H,20,21). The molecule has 0 spiro atoms. The van der Waals surface area contributed by atoms with Gasteiger partial charge in [-0.1, -0.05) is 60.7 Å². The molecule has 0 amide bonds. The molecule has 2 aromatic carbocycles. The second kappa shape index (κ2) is 7.81. The smallest absolute Gasteiger partial charge is 0.322 e. The van der Waals surface area contributed by atoms with Gasteiger partial charge >= 0.3 is 5.97 Å². The van der Waals surface area contributed by atoms with Gasteiger partial charge in [0, 0.05) is 19.6 Å². The third-order valence-corrected chi connectivity index (χ3v) is 3.51. The summed E-state index contributed by atoms with van der Waals surface area (Å²) in [7, 11) is 0. The van der Waals surface area contributed by atoms with E-state index in [1.807, 2.05) is 60.7 Å². The fourth-order valence-electron chi connectivity index (χ4n) is 2.17. The average Bonchev–Trinajstić information content (AvgIpc) is 2.49. The first-order valence-corrected chi connectivity index (χ1v) is 7.26. The summed E-state index contributed by atoms with van der Waals surface area (Å²) in [5, 5.41) is 8.10. The Kier molecular flexibility index (Phi) is 5.78. The molecule has 0 aliphatic rings. The van der Waals surface area contributed by atoms with Crippen LogP contribution in [0.3, 0.4) is 0 Å². The highest BCUT2D eigenvalue weighted by molar-refractivity contribution is 6.29. The van der Waals surface area contributed by atoms with Crippen molar-refractivity contribution >= 4 is 17.6 Å². The van der Waals surface area contributed by atoms with Crippen LogP contribution in [0.1, 0.15) is 11.1 Å². The van der Waals surface area contributed by atoms with Crippen molar-refractivity contribution < 1.29 is 9.90 Å². The maximum atomic E-state index is 11.0. The Bertz CT molecular complexity index is 518. The molecular formula is C17H18ClNO2. The number of halogens is 1. The SMILES string of the molecule is O=C(O)C(Cl)CN(Cc1ccccc1)Cc1ccccc1. The van der Waals surface area contributed by atoms with Crippen LogP contribution in [0.4, 0.5) is 0 Å².